The van der Waals surface area contributed by atoms with Crippen molar-refractivity contribution in [1.82, 2.24) is 0 Å². The molecule has 0 aliphatic carbocycles. The van der Waals surface area contributed by atoms with Crippen molar-refractivity contribution in [1.29, 1.82) is 0 Å². The lowest BCUT2D eigenvalue weighted by Crippen LogP contribution is -2.30. The molecule has 6 nitrogen and oxygen atoms in total. The average Bonchev–Trinajstić information content (AvgIpc) is 3.33. The summed E-state index contributed by atoms with van der Waals surface area (Å²) < 4.78 is 11.7. The predicted octanol–water partition coefficient (Wildman–Crippen LogP) is 4.52. The zero-order valence-corrected chi connectivity index (χ0v) is 17.8. The molecule has 31 heavy (non-hydrogen) atoms. The molecule has 0 unspecified atom stereocenters. The summed E-state index contributed by atoms with van der Waals surface area (Å²) in [7, 11) is 0. The first-order chi connectivity index (χ1) is 14.6. The van der Waals surface area contributed by atoms with Crippen molar-refractivity contribution in [2.45, 2.75) is 50.9 Å². The molecule has 0 radical (unpaired) electrons. The number of aromatic hydroxyl groups is 3. The number of epoxide rings is 1. The minimum Gasteiger partial charge on any atom is -0.508 e. The van der Waals surface area contributed by atoms with Crippen LogP contribution in [0.3, 0.4) is 0 Å². The molecule has 0 aromatic heterocycles. The Morgan fingerprint density at radius 1 is 1.10 bits per heavy atom. The molecule has 2 aromatic carbocycles. The Hall–Kier alpha value is -3.25. The molecule has 0 spiro atoms. The van der Waals surface area contributed by atoms with Gasteiger partial charge in [-0.05, 0) is 63.1 Å². The lowest BCUT2D eigenvalue weighted by atomic mass is 9.93. The fourth-order valence-corrected chi connectivity index (χ4v) is 3.71. The van der Waals surface area contributed by atoms with Crippen molar-refractivity contribution >= 4 is 11.9 Å². The van der Waals surface area contributed by atoms with E-state index in [0.29, 0.717) is 12.2 Å². The van der Waals surface area contributed by atoms with Gasteiger partial charge in [-0.1, -0.05) is 18.2 Å². The number of Topliss-reactive ketones (excluding diaryl/α,β-unsaturated/α-hetero) is 1. The Balaban J connectivity index is 1.51. The van der Waals surface area contributed by atoms with Gasteiger partial charge in [-0.15, -0.1) is 0 Å². The van der Waals surface area contributed by atoms with Crippen LogP contribution in [0.1, 0.15) is 48.7 Å². The van der Waals surface area contributed by atoms with E-state index in [-0.39, 0.29) is 46.7 Å². The van der Waals surface area contributed by atoms with Crippen LogP contribution >= 0.6 is 0 Å². The first kappa shape index (κ1) is 21.0. The van der Waals surface area contributed by atoms with Gasteiger partial charge in [0.05, 0.1) is 11.2 Å². The van der Waals surface area contributed by atoms with Crippen LogP contribution in [0.5, 0.6) is 23.0 Å². The third kappa shape index (κ3) is 4.30. The second kappa shape index (κ2) is 7.46. The van der Waals surface area contributed by atoms with E-state index in [0.717, 1.165) is 17.2 Å². The van der Waals surface area contributed by atoms with Crippen LogP contribution in [-0.2, 0) is 11.2 Å². The number of hydrogen-bond acceptors (Lipinski definition) is 6. The van der Waals surface area contributed by atoms with Gasteiger partial charge in [0.2, 0.25) is 0 Å². The zero-order chi connectivity index (χ0) is 22.4. The number of carbonyl (C=O) groups excluding carboxylic acids is 1. The number of aryl methyl sites for hydroxylation is 1. The van der Waals surface area contributed by atoms with Crippen molar-refractivity contribution in [2.24, 2.45) is 0 Å². The molecule has 2 aromatic rings. The van der Waals surface area contributed by atoms with Crippen LogP contribution in [0, 0.1) is 0 Å². The fraction of sp³-hybridized carbons (Fsp3) is 0.320. The van der Waals surface area contributed by atoms with Gasteiger partial charge in [0.1, 0.15) is 23.2 Å². The molecule has 2 atom stereocenters. The van der Waals surface area contributed by atoms with Gasteiger partial charge < -0.3 is 24.8 Å². The number of rotatable bonds is 6. The number of fused-ring (bicyclic) bond motifs is 1. The van der Waals surface area contributed by atoms with E-state index < -0.39 is 5.60 Å². The van der Waals surface area contributed by atoms with E-state index in [9.17, 15) is 20.1 Å². The second-order valence-electron chi connectivity index (χ2n) is 8.73. The van der Waals surface area contributed by atoms with Crippen molar-refractivity contribution in [3.63, 3.8) is 0 Å². The Morgan fingerprint density at radius 2 is 1.84 bits per heavy atom. The van der Waals surface area contributed by atoms with Crippen LogP contribution in [0.4, 0.5) is 0 Å². The Morgan fingerprint density at radius 3 is 2.52 bits per heavy atom. The smallest absolute Gasteiger partial charge is 0.170 e. The van der Waals surface area contributed by atoms with E-state index in [1.807, 2.05) is 45.1 Å². The van der Waals surface area contributed by atoms with Crippen molar-refractivity contribution in [3.8, 4) is 23.0 Å². The highest BCUT2D eigenvalue weighted by Crippen LogP contribution is 2.42. The molecule has 0 amide bonds. The standard InChI is InChI=1S/C25H26O6/c1-24(2)22(30-24)11-13-25(3)12-10-17-15(5-9-20(28)23(17)31-25)4-8-19(27)18-7-6-16(26)14-21(18)29/h5-7,9-14,22,26,28-29H,4,8H2,1-3H3/b13-11+/t22-,25-/m1/s1. The highest BCUT2D eigenvalue weighted by atomic mass is 16.6. The van der Waals surface area contributed by atoms with Crippen LogP contribution in [0.25, 0.3) is 6.08 Å². The Kier molecular flexibility index (Phi) is 5.06. The first-order valence-electron chi connectivity index (χ1n) is 10.2. The van der Waals surface area contributed by atoms with Crippen molar-refractivity contribution in [2.75, 3.05) is 0 Å². The number of benzene rings is 2. The van der Waals surface area contributed by atoms with Crippen molar-refractivity contribution in [3.05, 3.63) is 65.3 Å². The van der Waals surface area contributed by atoms with E-state index in [1.165, 1.54) is 12.1 Å². The maximum absolute atomic E-state index is 12.5. The van der Waals surface area contributed by atoms with E-state index in [2.05, 4.69) is 0 Å². The minimum absolute atomic E-state index is 0.0354. The number of phenols is 3. The van der Waals surface area contributed by atoms with Crippen LogP contribution in [-0.4, -0.2) is 38.4 Å². The largest absolute Gasteiger partial charge is 0.508 e. The van der Waals surface area contributed by atoms with Crippen LogP contribution < -0.4 is 4.74 Å². The molecule has 2 heterocycles. The van der Waals surface area contributed by atoms with Gasteiger partial charge >= 0.3 is 0 Å². The molecule has 162 valence electrons. The molecule has 0 bridgehead atoms. The summed E-state index contributed by atoms with van der Waals surface area (Å²) in [5.74, 6) is -0.166. The van der Waals surface area contributed by atoms with Gasteiger partial charge in [0.25, 0.3) is 0 Å². The zero-order valence-electron chi connectivity index (χ0n) is 17.8. The normalized spacial score (nSPS) is 23.4. The third-order valence-corrected chi connectivity index (χ3v) is 5.73. The number of hydrogen-bond donors (Lipinski definition) is 3. The summed E-state index contributed by atoms with van der Waals surface area (Å²) in [5.41, 5.74) is 0.875. The number of ether oxygens (including phenoxy) is 2. The number of ketones is 1. The molecule has 6 heteroatoms. The predicted molar refractivity (Wildman–Crippen MR) is 117 cm³/mol. The second-order valence-corrected chi connectivity index (χ2v) is 8.73. The summed E-state index contributed by atoms with van der Waals surface area (Å²) in [6.07, 6.45) is 8.33. The van der Waals surface area contributed by atoms with Gasteiger partial charge in [-0.3, -0.25) is 4.79 Å². The SMILES string of the molecule is CC1(C)O[C@@H]1/C=C/[C@@]1(C)C=Cc2c(CCC(=O)c3ccc(O)cc3O)ccc(O)c2O1. The minimum atomic E-state index is -0.723. The highest BCUT2D eigenvalue weighted by Gasteiger charge is 2.46. The summed E-state index contributed by atoms with van der Waals surface area (Å²) in [6, 6.07) is 7.26. The molecule has 0 saturated carbocycles. The summed E-state index contributed by atoms with van der Waals surface area (Å²) >= 11 is 0. The lowest BCUT2D eigenvalue weighted by molar-refractivity contribution is 0.0980. The summed E-state index contributed by atoms with van der Waals surface area (Å²) in [4.78, 5) is 12.5. The van der Waals surface area contributed by atoms with Gasteiger partial charge in [0.15, 0.2) is 17.3 Å². The Labute approximate surface area is 181 Å². The van der Waals surface area contributed by atoms with Crippen LogP contribution in [0.2, 0.25) is 0 Å². The highest BCUT2D eigenvalue weighted by molar-refractivity contribution is 5.98. The van der Waals surface area contributed by atoms with Crippen molar-refractivity contribution < 1.29 is 29.6 Å². The summed E-state index contributed by atoms with van der Waals surface area (Å²) in [5, 5.41) is 29.7. The third-order valence-electron chi connectivity index (χ3n) is 5.73. The topological polar surface area (TPSA) is 99.5 Å². The van der Waals surface area contributed by atoms with E-state index >= 15 is 0 Å². The quantitative estimate of drug-likeness (QED) is 0.360. The van der Waals surface area contributed by atoms with Crippen LogP contribution in [0.15, 0.2) is 48.6 Å². The average molecular weight is 422 g/mol. The number of carbonyl (C=O) groups is 1. The molecule has 1 saturated heterocycles. The maximum atomic E-state index is 12.5. The molecule has 2 aliphatic heterocycles. The molecule has 3 N–H and O–H groups in total. The molecule has 1 fully saturated rings. The maximum Gasteiger partial charge on any atom is 0.170 e. The van der Waals surface area contributed by atoms with Gasteiger partial charge in [-0.2, -0.15) is 0 Å². The number of phenolic OH excluding ortho intramolecular Hbond substituents is 3. The monoisotopic (exact) mass is 422 g/mol. The first-order valence-corrected chi connectivity index (χ1v) is 10.2. The van der Waals surface area contributed by atoms with E-state index in [4.69, 9.17) is 9.47 Å². The van der Waals surface area contributed by atoms with E-state index in [1.54, 1.807) is 12.1 Å². The Bertz CT molecular complexity index is 1100. The molecule has 2 aliphatic rings. The fourth-order valence-electron chi connectivity index (χ4n) is 3.71. The van der Waals surface area contributed by atoms with Gasteiger partial charge in [-0.25, -0.2) is 0 Å². The molecular formula is C25H26O6. The molecule has 4 rings (SSSR count). The van der Waals surface area contributed by atoms with Gasteiger partial charge in [0, 0.05) is 18.1 Å². The lowest BCUT2D eigenvalue weighted by Gasteiger charge is -2.30. The summed E-state index contributed by atoms with van der Waals surface area (Å²) in [6.45, 7) is 5.95. The molecular weight excluding hydrogens is 396 g/mol.